The van der Waals surface area contributed by atoms with E-state index in [1.807, 2.05) is 26.0 Å². The molecule has 1 aromatic heterocycles. The highest BCUT2D eigenvalue weighted by atomic mass is 79.9. The van der Waals surface area contributed by atoms with Gasteiger partial charge in [-0.15, -0.1) is 11.3 Å². The Morgan fingerprint density at radius 2 is 2.00 bits per heavy atom. The summed E-state index contributed by atoms with van der Waals surface area (Å²) in [6.45, 7) is 4.12. The van der Waals surface area contributed by atoms with E-state index in [2.05, 4.69) is 20.7 Å². The average molecular weight is 375 g/mol. The maximum Gasteiger partial charge on any atom is 0.271 e. The molecule has 3 N–H and O–H groups in total. The molecule has 7 heteroatoms. The van der Waals surface area contributed by atoms with Gasteiger partial charge in [0.15, 0.2) is 0 Å². The van der Waals surface area contributed by atoms with Crippen molar-refractivity contribution in [3.05, 3.63) is 44.7 Å². The summed E-state index contributed by atoms with van der Waals surface area (Å²) >= 11 is 4.60. The Morgan fingerprint density at radius 3 is 2.60 bits per heavy atom. The van der Waals surface area contributed by atoms with Crippen LogP contribution in [0.1, 0.15) is 16.0 Å². The maximum atomic E-state index is 12.4. The fourth-order valence-corrected chi connectivity index (χ4v) is 4.78. The standard InChI is InChI=1S/C13H15BrN2O2S2/c1-8-4-3-5-10(13(8)14)16-20(17,18)12-6-9(2)11(7-15)19-12/h3-6,16H,7,15H2,1-2H3. The monoisotopic (exact) mass is 374 g/mol. The van der Waals surface area contributed by atoms with E-state index in [0.717, 1.165) is 20.5 Å². The van der Waals surface area contributed by atoms with Crippen molar-refractivity contribution in [3.8, 4) is 0 Å². The van der Waals surface area contributed by atoms with Crippen LogP contribution in [0.4, 0.5) is 5.69 Å². The van der Waals surface area contributed by atoms with E-state index in [4.69, 9.17) is 5.73 Å². The summed E-state index contributed by atoms with van der Waals surface area (Å²) in [5.41, 5.74) is 8.00. The molecule has 0 bridgehead atoms. The van der Waals surface area contributed by atoms with E-state index >= 15 is 0 Å². The van der Waals surface area contributed by atoms with Crippen LogP contribution in [-0.4, -0.2) is 8.42 Å². The Morgan fingerprint density at radius 1 is 1.30 bits per heavy atom. The number of hydrogen-bond acceptors (Lipinski definition) is 4. The molecular formula is C13H15BrN2O2S2. The van der Waals surface area contributed by atoms with Crippen LogP contribution < -0.4 is 10.5 Å². The molecule has 0 amide bonds. The lowest BCUT2D eigenvalue weighted by Crippen LogP contribution is -2.12. The molecule has 0 saturated carbocycles. The minimum Gasteiger partial charge on any atom is -0.326 e. The molecule has 0 unspecified atom stereocenters. The van der Waals surface area contributed by atoms with E-state index in [1.54, 1.807) is 12.1 Å². The van der Waals surface area contributed by atoms with E-state index in [-0.39, 0.29) is 4.21 Å². The van der Waals surface area contributed by atoms with E-state index < -0.39 is 10.0 Å². The first kappa shape index (κ1) is 15.5. The number of hydrogen-bond donors (Lipinski definition) is 2. The summed E-state index contributed by atoms with van der Waals surface area (Å²) in [6, 6.07) is 7.09. The van der Waals surface area contributed by atoms with Crippen molar-refractivity contribution in [1.29, 1.82) is 0 Å². The van der Waals surface area contributed by atoms with Gasteiger partial charge in [-0.2, -0.15) is 0 Å². The third-order valence-electron chi connectivity index (χ3n) is 2.88. The second kappa shape index (κ2) is 5.85. The lowest BCUT2D eigenvalue weighted by atomic mass is 10.2. The van der Waals surface area contributed by atoms with Gasteiger partial charge in [0.2, 0.25) is 0 Å². The highest BCUT2D eigenvalue weighted by Crippen LogP contribution is 2.31. The Bertz CT molecular complexity index is 739. The summed E-state index contributed by atoms with van der Waals surface area (Å²) < 4.78 is 28.4. The lowest BCUT2D eigenvalue weighted by molar-refractivity contribution is 0.603. The predicted octanol–water partition coefficient (Wildman–Crippen LogP) is 3.39. The maximum absolute atomic E-state index is 12.4. The molecule has 2 rings (SSSR count). The SMILES string of the molecule is Cc1cc(S(=O)(=O)Nc2cccc(C)c2Br)sc1CN. The molecule has 0 spiro atoms. The summed E-state index contributed by atoms with van der Waals surface area (Å²) in [5.74, 6) is 0. The van der Waals surface area contributed by atoms with Crippen molar-refractivity contribution in [2.75, 3.05) is 4.72 Å². The molecule has 0 aliphatic rings. The number of sulfonamides is 1. The lowest BCUT2D eigenvalue weighted by Gasteiger charge is -2.09. The molecule has 2 aromatic rings. The first-order chi connectivity index (χ1) is 9.35. The highest BCUT2D eigenvalue weighted by Gasteiger charge is 2.19. The minimum atomic E-state index is -3.58. The zero-order valence-corrected chi connectivity index (χ0v) is 14.3. The summed E-state index contributed by atoms with van der Waals surface area (Å²) in [7, 11) is -3.58. The number of thiophene rings is 1. The van der Waals surface area contributed by atoms with Gasteiger partial charge >= 0.3 is 0 Å². The smallest absolute Gasteiger partial charge is 0.271 e. The van der Waals surface area contributed by atoms with Gasteiger partial charge in [-0.05, 0) is 53.0 Å². The van der Waals surface area contributed by atoms with Crippen molar-refractivity contribution in [2.24, 2.45) is 5.73 Å². The van der Waals surface area contributed by atoms with Crippen molar-refractivity contribution in [2.45, 2.75) is 24.6 Å². The number of halogens is 1. The second-order valence-corrected chi connectivity index (χ2v) is 8.26. The van der Waals surface area contributed by atoms with Crippen LogP contribution in [0.3, 0.4) is 0 Å². The highest BCUT2D eigenvalue weighted by molar-refractivity contribution is 9.10. The van der Waals surface area contributed by atoms with Gasteiger partial charge in [0.25, 0.3) is 10.0 Å². The van der Waals surface area contributed by atoms with Crippen molar-refractivity contribution in [1.82, 2.24) is 0 Å². The fourth-order valence-electron chi connectivity index (χ4n) is 1.75. The van der Waals surface area contributed by atoms with Crippen LogP contribution in [-0.2, 0) is 16.6 Å². The minimum absolute atomic E-state index is 0.281. The topological polar surface area (TPSA) is 72.2 Å². The van der Waals surface area contributed by atoms with Crippen LogP contribution >= 0.6 is 27.3 Å². The molecule has 0 fully saturated rings. The Labute approximate surface area is 131 Å². The van der Waals surface area contributed by atoms with Crippen LogP contribution in [0, 0.1) is 13.8 Å². The largest absolute Gasteiger partial charge is 0.326 e. The molecule has 4 nitrogen and oxygen atoms in total. The van der Waals surface area contributed by atoms with Gasteiger partial charge in [-0.25, -0.2) is 8.42 Å². The van der Waals surface area contributed by atoms with Crippen LogP contribution in [0.25, 0.3) is 0 Å². The number of anilines is 1. The van der Waals surface area contributed by atoms with Gasteiger partial charge in [-0.1, -0.05) is 12.1 Å². The van der Waals surface area contributed by atoms with Gasteiger partial charge < -0.3 is 5.73 Å². The molecule has 108 valence electrons. The molecular weight excluding hydrogens is 360 g/mol. The molecule has 0 aliphatic heterocycles. The second-order valence-electron chi connectivity index (χ2n) is 4.42. The van der Waals surface area contributed by atoms with Gasteiger partial charge in [0.1, 0.15) is 4.21 Å². The number of aryl methyl sites for hydroxylation is 2. The Hall–Kier alpha value is -0.890. The van der Waals surface area contributed by atoms with Crippen molar-refractivity contribution >= 4 is 43.0 Å². The van der Waals surface area contributed by atoms with Gasteiger partial charge in [0.05, 0.1) is 5.69 Å². The van der Waals surface area contributed by atoms with Crippen molar-refractivity contribution in [3.63, 3.8) is 0 Å². The normalized spacial score (nSPS) is 11.6. The van der Waals surface area contributed by atoms with E-state index in [9.17, 15) is 8.42 Å². The van der Waals surface area contributed by atoms with Crippen LogP contribution in [0.15, 0.2) is 32.9 Å². The van der Waals surface area contributed by atoms with Crippen LogP contribution in [0.2, 0.25) is 0 Å². The molecule has 0 radical (unpaired) electrons. The first-order valence-corrected chi connectivity index (χ1v) is 9.01. The number of nitrogens with two attached hydrogens (primary N) is 1. The molecule has 1 aromatic carbocycles. The zero-order chi connectivity index (χ0) is 14.9. The van der Waals surface area contributed by atoms with Gasteiger partial charge in [-0.3, -0.25) is 4.72 Å². The molecule has 20 heavy (non-hydrogen) atoms. The van der Waals surface area contributed by atoms with Crippen molar-refractivity contribution < 1.29 is 8.42 Å². The third-order valence-corrected chi connectivity index (χ3v) is 7.04. The summed E-state index contributed by atoms with van der Waals surface area (Å²) in [6.07, 6.45) is 0. The quantitative estimate of drug-likeness (QED) is 0.861. The number of benzene rings is 1. The molecule has 0 aliphatic carbocycles. The Balaban J connectivity index is 2.38. The summed E-state index contributed by atoms with van der Waals surface area (Å²) in [4.78, 5) is 0.883. The number of nitrogens with one attached hydrogen (secondary N) is 1. The number of rotatable bonds is 4. The molecule has 0 saturated heterocycles. The van der Waals surface area contributed by atoms with E-state index in [1.165, 1.54) is 11.3 Å². The first-order valence-electron chi connectivity index (χ1n) is 5.92. The fraction of sp³-hybridized carbons (Fsp3) is 0.231. The molecule has 0 atom stereocenters. The predicted molar refractivity (Wildman–Crippen MR) is 86.6 cm³/mol. The molecule has 1 heterocycles. The van der Waals surface area contributed by atoms with Crippen LogP contribution in [0.5, 0.6) is 0 Å². The van der Waals surface area contributed by atoms with E-state index in [0.29, 0.717) is 12.2 Å². The third kappa shape index (κ3) is 3.06. The average Bonchev–Trinajstić information content (AvgIpc) is 2.77. The summed E-state index contributed by atoms with van der Waals surface area (Å²) in [5, 5.41) is 0. The Kier molecular flexibility index (Phi) is 4.53. The van der Waals surface area contributed by atoms with Gasteiger partial charge in [0, 0.05) is 15.9 Å². The zero-order valence-electron chi connectivity index (χ0n) is 11.1.